The fraction of sp³-hybridized carbons (Fsp3) is 0.400. The van der Waals surface area contributed by atoms with Crippen LogP contribution >= 0.6 is 0 Å². The molecule has 0 aromatic carbocycles. The zero-order valence-corrected chi connectivity index (χ0v) is 13.2. The van der Waals surface area contributed by atoms with Crippen molar-refractivity contribution in [3.05, 3.63) is 35.8 Å². The number of rotatable bonds is 4. The van der Waals surface area contributed by atoms with E-state index in [1.54, 1.807) is 6.33 Å². The van der Waals surface area contributed by atoms with Crippen molar-refractivity contribution < 1.29 is 0 Å². The molecule has 0 saturated heterocycles. The van der Waals surface area contributed by atoms with Gasteiger partial charge in [0.05, 0.1) is 11.4 Å². The third kappa shape index (κ3) is 2.49. The molecular weight excluding hydrogens is 278 g/mol. The second-order valence-electron chi connectivity index (χ2n) is 5.30. The average Bonchev–Trinajstić information content (AvgIpc) is 2.95. The molecule has 3 aromatic heterocycles. The Morgan fingerprint density at radius 1 is 1.18 bits per heavy atom. The smallest absolute Gasteiger partial charge is 0.165 e. The molecule has 7 nitrogen and oxygen atoms in total. The van der Waals surface area contributed by atoms with E-state index in [9.17, 15) is 0 Å². The number of aromatic nitrogens is 6. The van der Waals surface area contributed by atoms with Crippen LogP contribution in [0.25, 0.3) is 11.0 Å². The predicted octanol–water partition coefficient (Wildman–Crippen LogP) is 2.43. The van der Waals surface area contributed by atoms with Crippen LogP contribution in [0.2, 0.25) is 0 Å². The van der Waals surface area contributed by atoms with Crippen LogP contribution < -0.4 is 5.32 Å². The fourth-order valence-electron chi connectivity index (χ4n) is 2.64. The molecule has 0 spiro atoms. The minimum absolute atomic E-state index is 0.0127. The zero-order chi connectivity index (χ0) is 15.7. The van der Waals surface area contributed by atoms with Gasteiger partial charge in [0, 0.05) is 12.2 Å². The fourth-order valence-corrected chi connectivity index (χ4v) is 2.64. The monoisotopic (exact) mass is 297 g/mol. The topological polar surface area (TPSA) is 81.4 Å². The van der Waals surface area contributed by atoms with Gasteiger partial charge < -0.3 is 5.32 Å². The minimum Gasteiger partial charge on any atom is -0.360 e. The number of hydrogen-bond acceptors (Lipinski definition) is 6. The van der Waals surface area contributed by atoms with Gasteiger partial charge in [-0.1, -0.05) is 0 Å². The molecule has 0 radical (unpaired) electrons. The molecule has 0 aliphatic carbocycles. The van der Waals surface area contributed by atoms with Gasteiger partial charge in [0.25, 0.3) is 0 Å². The van der Waals surface area contributed by atoms with Crippen molar-refractivity contribution in [2.75, 3.05) is 5.32 Å². The van der Waals surface area contributed by atoms with Crippen LogP contribution in [0, 0.1) is 13.8 Å². The van der Waals surface area contributed by atoms with Crippen molar-refractivity contribution in [1.82, 2.24) is 29.7 Å². The lowest BCUT2D eigenvalue weighted by molar-refractivity contribution is 0.592. The Bertz CT molecular complexity index is 809. The Morgan fingerprint density at radius 2 is 2.00 bits per heavy atom. The van der Waals surface area contributed by atoms with Crippen LogP contribution in [0.4, 0.5) is 5.82 Å². The maximum atomic E-state index is 4.48. The van der Waals surface area contributed by atoms with Crippen molar-refractivity contribution in [1.29, 1.82) is 0 Å². The largest absolute Gasteiger partial charge is 0.360 e. The van der Waals surface area contributed by atoms with Gasteiger partial charge >= 0.3 is 0 Å². The lowest BCUT2D eigenvalue weighted by Gasteiger charge is -2.16. The van der Waals surface area contributed by atoms with Crippen molar-refractivity contribution in [3.63, 3.8) is 0 Å². The van der Waals surface area contributed by atoms with E-state index in [-0.39, 0.29) is 6.04 Å². The van der Waals surface area contributed by atoms with Crippen LogP contribution in [-0.2, 0) is 6.54 Å². The van der Waals surface area contributed by atoms with Crippen molar-refractivity contribution >= 4 is 16.9 Å². The molecule has 0 unspecified atom stereocenters. The van der Waals surface area contributed by atoms with E-state index >= 15 is 0 Å². The number of pyridine rings is 1. The summed E-state index contributed by atoms with van der Waals surface area (Å²) < 4.78 is 1.87. The summed E-state index contributed by atoms with van der Waals surface area (Å²) in [6, 6.07) is 2.03. The highest BCUT2D eigenvalue weighted by Gasteiger charge is 2.15. The average molecular weight is 297 g/mol. The highest BCUT2D eigenvalue weighted by molar-refractivity contribution is 5.89. The summed E-state index contributed by atoms with van der Waals surface area (Å²) in [6.45, 7) is 8.88. The van der Waals surface area contributed by atoms with Gasteiger partial charge in [-0.25, -0.2) is 24.6 Å². The maximum Gasteiger partial charge on any atom is 0.165 e. The Hall–Kier alpha value is -2.57. The highest BCUT2D eigenvalue weighted by atomic mass is 15.3. The normalized spacial score (nSPS) is 12.5. The van der Waals surface area contributed by atoms with E-state index in [1.807, 2.05) is 38.4 Å². The van der Waals surface area contributed by atoms with Gasteiger partial charge in [0.15, 0.2) is 5.65 Å². The number of aryl methyl sites for hydroxylation is 3. The van der Waals surface area contributed by atoms with Gasteiger partial charge in [0.1, 0.15) is 24.3 Å². The van der Waals surface area contributed by atoms with Crippen LogP contribution in [0.1, 0.15) is 37.0 Å². The quantitative estimate of drug-likeness (QED) is 0.796. The van der Waals surface area contributed by atoms with Crippen molar-refractivity contribution in [2.45, 2.75) is 40.3 Å². The Morgan fingerprint density at radius 3 is 2.77 bits per heavy atom. The number of nitrogens with one attached hydrogen (secondary N) is 1. The molecule has 22 heavy (non-hydrogen) atoms. The van der Waals surface area contributed by atoms with Crippen LogP contribution in [0.5, 0.6) is 0 Å². The number of anilines is 1. The summed E-state index contributed by atoms with van der Waals surface area (Å²) >= 11 is 0. The predicted molar refractivity (Wildman–Crippen MR) is 84.5 cm³/mol. The third-order valence-corrected chi connectivity index (χ3v) is 3.61. The summed E-state index contributed by atoms with van der Waals surface area (Å²) in [6.07, 6.45) is 3.11. The SMILES string of the molecule is CCn1ncnc1[C@@H](C)Nc1ncnc2nc(C)cc(C)c12. The third-order valence-electron chi connectivity index (χ3n) is 3.61. The lowest BCUT2D eigenvalue weighted by atomic mass is 10.1. The highest BCUT2D eigenvalue weighted by Crippen LogP contribution is 2.25. The first-order chi connectivity index (χ1) is 10.6. The molecule has 1 atom stereocenters. The molecule has 0 saturated carbocycles. The van der Waals surface area contributed by atoms with Crippen LogP contribution in [0.15, 0.2) is 18.7 Å². The molecule has 0 aliphatic heterocycles. The molecular formula is C15H19N7. The summed E-state index contributed by atoms with van der Waals surface area (Å²) in [7, 11) is 0. The van der Waals surface area contributed by atoms with E-state index in [4.69, 9.17) is 0 Å². The second kappa shape index (κ2) is 5.67. The summed E-state index contributed by atoms with van der Waals surface area (Å²) in [4.78, 5) is 17.5. The standard InChI is InChI=1S/C15H19N7/c1-5-22-15(18-8-19-22)11(4)21-14-12-9(2)6-10(3)20-13(12)16-7-17-14/h6-8,11H,5H2,1-4H3,(H,16,17,20,21)/t11-/m1/s1. The first kappa shape index (κ1) is 14.4. The molecule has 0 aliphatic rings. The summed E-state index contributed by atoms with van der Waals surface area (Å²) in [5.74, 6) is 1.65. The van der Waals surface area contributed by atoms with E-state index in [1.165, 1.54) is 6.33 Å². The molecule has 0 amide bonds. The molecule has 114 valence electrons. The Kier molecular flexibility index (Phi) is 3.70. The van der Waals surface area contributed by atoms with E-state index < -0.39 is 0 Å². The minimum atomic E-state index is -0.0127. The molecule has 3 aromatic rings. The molecule has 3 heterocycles. The summed E-state index contributed by atoms with van der Waals surface area (Å²) in [5, 5.41) is 8.56. The molecule has 7 heteroatoms. The van der Waals surface area contributed by atoms with E-state index in [0.717, 1.165) is 34.8 Å². The van der Waals surface area contributed by atoms with Gasteiger partial charge in [0.2, 0.25) is 0 Å². The van der Waals surface area contributed by atoms with Crippen LogP contribution in [0.3, 0.4) is 0 Å². The molecule has 3 rings (SSSR count). The Balaban J connectivity index is 2.01. The van der Waals surface area contributed by atoms with Crippen molar-refractivity contribution in [2.24, 2.45) is 0 Å². The van der Waals surface area contributed by atoms with E-state index in [0.29, 0.717) is 5.65 Å². The molecule has 0 fully saturated rings. The van der Waals surface area contributed by atoms with Gasteiger partial charge in [-0.3, -0.25) is 0 Å². The van der Waals surface area contributed by atoms with Gasteiger partial charge in [-0.15, -0.1) is 0 Å². The van der Waals surface area contributed by atoms with Gasteiger partial charge in [-0.05, 0) is 39.3 Å². The van der Waals surface area contributed by atoms with Gasteiger partial charge in [-0.2, -0.15) is 5.10 Å². The number of nitrogens with zero attached hydrogens (tertiary/aromatic N) is 6. The zero-order valence-electron chi connectivity index (χ0n) is 13.2. The Labute approximate surface area is 128 Å². The number of fused-ring (bicyclic) bond motifs is 1. The van der Waals surface area contributed by atoms with Crippen LogP contribution in [-0.4, -0.2) is 29.7 Å². The first-order valence-electron chi connectivity index (χ1n) is 7.33. The summed E-state index contributed by atoms with van der Waals surface area (Å²) in [5.41, 5.74) is 2.77. The van der Waals surface area contributed by atoms with Crippen molar-refractivity contribution in [3.8, 4) is 0 Å². The maximum absolute atomic E-state index is 4.48. The molecule has 1 N–H and O–H groups in total. The van der Waals surface area contributed by atoms with E-state index in [2.05, 4.69) is 30.4 Å². The lowest BCUT2D eigenvalue weighted by Crippen LogP contribution is -2.15. The first-order valence-corrected chi connectivity index (χ1v) is 7.33. The number of hydrogen-bond donors (Lipinski definition) is 1. The second-order valence-corrected chi connectivity index (χ2v) is 5.30. The molecule has 0 bridgehead atoms.